The van der Waals surface area contributed by atoms with Crippen LogP contribution in [0.5, 0.6) is 34.5 Å². The first-order chi connectivity index (χ1) is 36.6. The molecular weight excluding hydrogens is 1040 g/mol. The fourth-order valence-electron chi connectivity index (χ4n) is 8.56. The summed E-state index contributed by atoms with van der Waals surface area (Å²) in [4.78, 5) is -2.01. The number of sulfone groups is 1. The zero-order valence-electron chi connectivity index (χ0n) is 46.2. The number of hydrogen-bond donors (Lipinski definition) is 0. The van der Waals surface area contributed by atoms with E-state index in [0.29, 0.717) is 51.9 Å². The average Bonchev–Trinajstić information content (AvgIpc) is 3.43. The minimum absolute atomic E-state index is 0.185. The Morgan fingerprint density at radius 2 is 0.662 bits per heavy atom. The van der Waals surface area contributed by atoms with E-state index in [1.165, 1.54) is 34.4 Å². The van der Waals surface area contributed by atoms with Crippen LogP contribution in [-0.4, -0.2) is 75.8 Å². The van der Waals surface area contributed by atoms with E-state index in [0.717, 1.165) is 71.6 Å². The van der Waals surface area contributed by atoms with Crippen LogP contribution >= 0.6 is 0 Å². The molecule has 0 saturated heterocycles. The number of rotatable bonds is 30. The predicted octanol–water partition coefficient (Wildman–Crippen LogP) is 13.8. The molecule has 0 spiro atoms. The summed E-state index contributed by atoms with van der Waals surface area (Å²) in [5, 5.41) is 2.75. The Bertz CT molecular complexity index is 2970. The number of hydrogen-bond acceptors (Lipinski definition) is 14. The van der Waals surface area contributed by atoms with Gasteiger partial charge in [0.1, 0.15) is 44.3 Å². The second-order valence-corrected chi connectivity index (χ2v) is 25.0. The van der Waals surface area contributed by atoms with Crippen molar-refractivity contribution in [2.45, 2.75) is 137 Å². The molecule has 0 radical (unpaired) electrons. The summed E-state index contributed by atoms with van der Waals surface area (Å²) in [6.07, 6.45) is 5.69. The summed E-state index contributed by atoms with van der Waals surface area (Å²) >= 11 is 0. The SMILES string of the molecule is CCCCN(CCCC)OS(=O)(=O)c1cc(S(=O)(=O)c2ccc(Oc3ccc(C(C)(C)c4ccc(OC)cc4)cc3)c(S(=O)(=O)ON(CCCC)CCCC)c2)ccc1Oc1ccc(C(C)(C)c2ccc(OC)cc2)cc1. The van der Waals surface area contributed by atoms with Gasteiger partial charge in [-0.3, -0.25) is 0 Å². The van der Waals surface area contributed by atoms with Crippen molar-refractivity contribution in [2.75, 3.05) is 40.4 Å². The van der Waals surface area contributed by atoms with Gasteiger partial charge in [-0.2, -0.15) is 35.5 Å². The van der Waals surface area contributed by atoms with Crippen molar-refractivity contribution in [1.29, 1.82) is 0 Å². The Labute approximate surface area is 458 Å². The number of benzene rings is 6. The van der Waals surface area contributed by atoms with Crippen LogP contribution in [0.1, 0.15) is 129 Å². The topological polar surface area (TPSA) is 164 Å². The van der Waals surface area contributed by atoms with Crippen molar-refractivity contribution in [3.8, 4) is 34.5 Å². The molecule has 0 atom stereocenters. The minimum Gasteiger partial charge on any atom is -0.497 e. The molecule has 0 heterocycles. The normalized spacial score (nSPS) is 12.5. The fraction of sp³-hybridized carbons (Fsp3) is 0.400. The molecule has 0 N–H and O–H groups in total. The van der Waals surface area contributed by atoms with Crippen LogP contribution < -0.4 is 18.9 Å². The molecule has 6 aromatic rings. The van der Waals surface area contributed by atoms with Crippen LogP contribution in [0.2, 0.25) is 0 Å². The van der Waals surface area contributed by atoms with E-state index in [1.807, 2.05) is 100 Å². The van der Waals surface area contributed by atoms with Crippen molar-refractivity contribution in [2.24, 2.45) is 0 Å². The summed E-state index contributed by atoms with van der Waals surface area (Å²) < 4.78 is 123. The zero-order chi connectivity index (χ0) is 56.0. The van der Waals surface area contributed by atoms with Gasteiger partial charge in [-0.25, -0.2) is 8.42 Å². The summed E-state index contributed by atoms with van der Waals surface area (Å²) in [5.41, 5.74) is 3.14. The molecule has 6 aromatic carbocycles. The first-order valence-corrected chi connectivity index (χ1v) is 30.7. The van der Waals surface area contributed by atoms with Crippen LogP contribution in [0.25, 0.3) is 0 Å². The average molecular weight is 1110 g/mol. The third-order valence-corrected chi connectivity index (χ3v) is 18.0. The maximum atomic E-state index is 14.9. The second kappa shape index (κ2) is 26.7. The molecule has 0 aromatic heterocycles. The predicted molar refractivity (Wildman–Crippen MR) is 301 cm³/mol. The van der Waals surface area contributed by atoms with E-state index in [2.05, 4.69) is 27.7 Å². The smallest absolute Gasteiger partial charge is 0.316 e. The third kappa shape index (κ3) is 15.3. The van der Waals surface area contributed by atoms with Crippen molar-refractivity contribution in [3.05, 3.63) is 156 Å². The van der Waals surface area contributed by atoms with Crippen LogP contribution in [0.15, 0.2) is 153 Å². The molecule has 0 fully saturated rings. The standard InChI is InChI=1S/C60H76N2O12S3/c1-11-15-39-61(40-16-12-2)73-76(65,66)57-43-53(35-37-55(57)71-51-31-23-47(24-32-51)59(5,6)45-19-27-49(69-9)28-20-45)75(63,64)54-36-38-56(58(44-54)77(67,68)74-62(41-17-13-3)42-18-14-4)72-52-33-25-48(26-34-52)60(7,8)46-21-29-50(70-10)30-22-46/h19-38,43-44H,11-18,39-42H2,1-10H3. The summed E-state index contributed by atoms with van der Waals surface area (Å²) in [7, 11) is -11.0. The largest absolute Gasteiger partial charge is 0.497 e. The third-order valence-electron chi connectivity index (χ3n) is 13.7. The van der Waals surface area contributed by atoms with Crippen molar-refractivity contribution in [1.82, 2.24) is 10.1 Å². The number of methoxy groups -OCH3 is 2. The van der Waals surface area contributed by atoms with E-state index in [-0.39, 0.29) is 23.0 Å². The molecule has 77 heavy (non-hydrogen) atoms. The molecule has 416 valence electrons. The number of ether oxygens (including phenoxy) is 4. The highest BCUT2D eigenvalue weighted by Crippen LogP contribution is 2.40. The lowest BCUT2D eigenvalue weighted by Gasteiger charge is -2.26. The van der Waals surface area contributed by atoms with Crippen molar-refractivity contribution in [3.63, 3.8) is 0 Å². The molecule has 17 heteroatoms. The first kappa shape index (κ1) is 60.4. The maximum Gasteiger partial charge on any atom is 0.316 e. The van der Waals surface area contributed by atoms with Crippen LogP contribution in [0.4, 0.5) is 0 Å². The molecule has 0 amide bonds. The lowest BCUT2D eigenvalue weighted by Crippen LogP contribution is -2.30. The maximum absolute atomic E-state index is 14.9. The summed E-state index contributed by atoms with van der Waals surface area (Å²) in [6.45, 7) is 17.5. The van der Waals surface area contributed by atoms with Crippen LogP contribution in [-0.2, 0) is 49.5 Å². The van der Waals surface area contributed by atoms with Crippen LogP contribution in [0.3, 0.4) is 0 Å². The number of unbranched alkanes of at least 4 members (excludes halogenated alkanes) is 4. The Morgan fingerprint density at radius 1 is 0.390 bits per heavy atom. The Hall–Kier alpha value is -5.79. The molecule has 0 saturated carbocycles. The zero-order valence-corrected chi connectivity index (χ0v) is 48.7. The van der Waals surface area contributed by atoms with Gasteiger partial charge in [0.25, 0.3) is 0 Å². The van der Waals surface area contributed by atoms with Gasteiger partial charge in [0, 0.05) is 37.0 Å². The van der Waals surface area contributed by atoms with Crippen LogP contribution in [0, 0.1) is 0 Å². The van der Waals surface area contributed by atoms with Crippen molar-refractivity contribution >= 4 is 30.1 Å². The van der Waals surface area contributed by atoms with Gasteiger partial charge < -0.3 is 18.9 Å². The highest BCUT2D eigenvalue weighted by Gasteiger charge is 2.33. The van der Waals surface area contributed by atoms with E-state index in [4.69, 9.17) is 27.5 Å². The highest BCUT2D eigenvalue weighted by atomic mass is 32.2. The van der Waals surface area contributed by atoms with Gasteiger partial charge in [-0.05, 0) is 133 Å². The lowest BCUT2D eigenvalue weighted by atomic mass is 9.78. The van der Waals surface area contributed by atoms with Gasteiger partial charge in [0.05, 0.1) is 24.0 Å². The van der Waals surface area contributed by atoms with Gasteiger partial charge >= 0.3 is 20.2 Å². The molecule has 14 nitrogen and oxygen atoms in total. The van der Waals surface area contributed by atoms with E-state index < -0.39 is 60.5 Å². The molecule has 0 unspecified atom stereocenters. The minimum atomic E-state index is -4.76. The summed E-state index contributed by atoms with van der Waals surface area (Å²) in [6, 6.07) is 36.9. The molecule has 6 rings (SSSR count). The van der Waals surface area contributed by atoms with Gasteiger partial charge in [0.15, 0.2) is 0 Å². The molecule has 0 aliphatic rings. The summed E-state index contributed by atoms with van der Waals surface area (Å²) in [5.74, 6) is 1.68. The monoisotopic (exact) mass is 1110 g/mol. The van der Waals surface area contributed by atoms with Gasteiger partial charge in [-0.1, -0.05) is 130 Å². The highest BCUT2D eigenvalue weighted by molar-refractivity contribution is 7.91. The molecule has 0 aliphatic heterocycles. The fourth-order valence-corrected chi connectivity index (χ4v) is 12.3. The molecule has 0 aliphatic carbocycles. The number of nitrogens with zero attached hydrogens (tertiary/aromatic N) is 2. The Kier molecular flexibility index (Phi) is 21.0. The van der Waals surface area contributed by atoms with E-state index in [1.54, 1.807) is 38.5 Å². The van der Waals surface area contributed by atoms with Gasteiger partial charge in [-0.15, -0.1) is 0 Å². The van der Waals surface area contributed by atoms with Gasteiger partial charge in [0.2, 0.25) is 9.84 Å². The Morgan fingerprint density at radius 3 is 0.922 bits per heavy atom. The Balaban J connectivity index is 1.41. The number of hydroxylamine groups is 4. The molecular formula is C60H76N2O12S3. The second-order valence-electron chi connectivity index (χ2n) is 20.0. The lowest BCUT2D eigenvalue weighted by molar-refractivity contribution is -0.0535. The first-order valence-electron chi connectivity index (χ1n) is 26.4. The molecule has 0 bridgehead atoms. The quantitative estimate of drug-likeness (QED) is 0.0391. The van der Waals surface area contributed by atoms with E-state index in [9.17, 15) is 25.3 Å². The van der Waals surface area contributed by atoms with Crippen molar-refractivity contribution < 1.29 is 52.8 Å². The van der Waals surface area contributed by atoms with E-state index >= 15 is 0 Å².